The summed E-state index contributed by atoms with van der Waals surface area (Å²) in [6, 6.07) is 4.64. The lowest BCUT2D eigenvalue weighted by atomic mass is 9.83. The minimum absolute atomic E-state index is 0.145. The lowest BCUT2D eigenvalue weighted by Gasteiger charge is -2.31. The summed E-state index contributed by atoms with van der Waals surface area (Å²) >= 11 is 1.62. The molecule has 0 saturated heterocycles. The molecule has 0 bridgehead atoms. The molecule has 0 aliphatic heterocycles. The average molecular weight is 281 g/mol. The van der Waals surface area contributed by atoms with E-state index in [1.54, 1.807) is 11.3 Å². The van der Waals surface area contributed by atoms with Gasteiger partial charge in [0.25, 0.3) is 0 Å². The van der Waals surface area contributed by atoms with Gasteiger partial charge in [-0.25, -0.2) is 0 Å². The van der Waals surface area contributed by atoms with E-state index in [0.29, 0.717) is 6.04 Å². The van der Waals surface area contributed by atoms with Gasteiger partial charge in [-0.15, -0.1) is 11.3 Å². The summed E-state index contributed by atoms with van der Waals surface area (Å²) < 4.78 is 0. The fourth-order valence-corrected chi connectivity index (χ4v) is 3.92. The van der Waals surface area contributed by atoms with E-state index in [-0.39, 0.29) is 6.42 Å². The van der Waals surface area contributed by atoms with Crippen LogP contribution in [0.15, 0.2) is 12.1 Å². The van der Waals surface area contributed by atoms with Crippen molar-refractivity contribution in [2.24, 2.45) is 5.92 Å². The van der Waals surface area contributed by atoms with E-state index in [2.05, 4.69) is 18.3 Å². The molecule has 2 atom stereocenters. The molecule has 2 unspecified atom stereocenters. The lowest BCUT2D eigenvalue weighted by molar-refractivity contribution is -0.136. The van der Waals surface area contributed by atoms with Crippen LogP contribution in [-0.2, 0) is 17.8 Å². The molecule has 3 nitrogen and oxygen atoms in total. The molecule has 2 rings (SSSR count). The zero-order chi connectivity index (χ0) is 13.7. The van der Waals surface area contributed by atoms with Gasteiger partial charge in [0, 0.05) is 22.3 Å². The lowest BCUT2D eigenvalue weighted by Crippen LogP contribution is -2.37. The van der Waals surface area contributed by atoms with Crippen molar-refractivity contribution in [1.29, 1.82) is 0 Å². The number of hydrogen-bond acceptors (Lipinski definition) is 3. The van der Waals surface area contributed by atoms with E-state index in [9.17, 15) is 4.79 Å². The number of nitrogens with one attached hydrogen (secondary N) is 1. The SMILES string of the molecule is CCC1CCCCC1NCc1ccc(CC(=O)O)s1. The van der Waals surface area contributed by atoms with Gasteiger partial charge in [-0.3, -0.25) is 4.79 Å². The van der Waals surface area contributed by atoms with E-state index in [1.807, 2.05) is 6.07 Å². The van der Waals surface area contributed by atoms with Crippen molar-refractivity contribution < 1.29 is 9.90 Å². The van der Waals surface area contributed by atoms with Crippen LogP contribution in [0.5, 0.6) is 0 Å². The molecule has 0 radical (unpaired) electrons. The van der Waals surface area contributed by atoms with Crippen molar-refractivity contribution >= 4 is 17.3 Å². The van der Waals surface area contributed by atoms with Gasteiger partial charge in [-0.1, -0.05) is 26.2 Å². The summed E-state index contributed by atoms with van der Waals surface area (Å²) in [5.41, 5.74) is 0. The van der Waals surface area contributed by atoms with Gasteiger partial charge in [0.05, 0.1) is 6.42 Å². The molecule has 1 aliphatic carbocycles. The Morgan fingerprint density at radius 2 is 2.11 bits per heavy atom. The molecule has 1 aromatic rings. The zero-order valence-electron chi connectivity index (χ0n) is 11.5. The largest absolute Gasteiger partial charge is 0.481 e. The molecule has 19 heavy (non-hydrogen) atoms. The van der Waals surface area contributed by atoms with Gasteiger partial charge >= 0.3 is 5.97 Å². The number of carboxylic acid groups (broad SMARTS) is 1. The molecule has 106 valence electrons. The first kappa shape index (κ1) is 14.5. The zero-order valence-corrected chi connectivity index (χ0v) is 12.3. The smallest absolute Gasteiger partial charge is 0.308 e. The maximum Gasteiger partial charge on any atom is 0.308 e. The highest BCUT2D eigenvalue weighted by Gasteiger charge is 2.22. The maximum atomic E-state index is 10.7. The Morgan fingerprint density at radius 1 is 1.37 bits per heavy atom. The highest BCUT2D eigenvalue weighted by molar-refractivity contribution is 7.12. The normalized spacial score (nSPS) is 23.4. The van der Waals surface area contributed by atoms with Gasteiger partial charge < -0.3 is 10.4 Å². The van der Waals surface area contributed by atoms with E-state index >= 15 is 0 Å². The molecule has 0 aromatic carbocycles. The van der Waals surface area contributed by atoms with Gasteiger partial charge in [0.2, 0.25) is 0 Å². The van der Waals surface area contributed by atoms with Crippen LogP contribution in [-0.4, -0.2) is 17.1 Å². The van der Waals surface area contributed by atoms with Crippen LogP contribution < -0.4 is 5.32 Å². The third kappa shape index (κ3) is 4.32. The van der Waals surface area contributed by atoms with E-state index in [1.165, 1.54) is 37.0 Å². The Labute approximate surface area is 119 Å². The molecule has 1 heterocycles. The monoisotopic (exact) mass is 281 g/mol. The molecule has 1 aliphatic rings. The second-order valence-corrected chi connectivity index (χ2v) is 6.63. The second kappa shape index (κ2) is 7.06. The third-order valence-electron chi connectivity index (χ3n) is 4.01. The van der Waals surface area contributed by atoms with E-state index < -0.39 is 5.97 Å². The van der Waals surface area contributed by atoms with Crippen LogP contribution in [0.3, 0.4) is 0 Å². The molecule has 0 amide bonds. The first-order valence-electron chi connectivity index (χ1n) is 7.21. The third-order valence-corrected chi connectivity index (χ3v) is 5.10. The number of thiophene rings is 1. The number of hydrogen-bond donors (Lipinski definition) is 2. The molecule has 2 N–H and O–H groups in total. The number of carbonyl (C=O) groups is 1. The Kier molecular flexibility index (Phi) is 5.40. The van der Waals surface area contributed by atoms with E-state index in [0.717, 1.165) is 17.3 Å². The highest BCUT2D eigenvalue weighted by atomic mass is 32.1. The summed E-state index contributed by atoms with van der Waals surface area (Å²) in [6.45, 7) is 3.16. The average Bonchev–Trinajstić information content (AvgIpc) is 2.83. The fraction of sp³-hybridized carbons (Fsp3) is 0.667. The minimum atomic E-state index is -0.750. The Bertz CT molecular complexity index is 416. The maximum absolute atomic E-state index is 10.7. The summed E-state index contributed by atoms with van der Waals surface area (Å²) in [4.78, 5) is 12.8. The quantitative estimate of drug-likeness (QED) is 0.840. The Balaban J connectivity index is 1.84. The summed E-state index contributed by atoms with van der Waals surface area (Å²) in [6.07, 6.45) is 6.74. The van der Waals surface area contributed by atoms with Crippen molar-refractivity contribution in [2.75, 3.05) is 0 Å². The minimum Gasteiger partial charge on any atom is -0.481 e. The molecule has 1 fully saturated rings. The van der Waals surface area contributed by atoms with Crippen LogP contribution in [0, 0.1) is 5.92 Å². The van der Waals surface area contributed by atoms with Gasteiger partial charge in [0.15, 0.2) is 0 Å². The first-order valence-corrected chi connectivity index (χ1v) is 8.03. The summed E-state index contributed by atoms with van der Waals surface area (Å²) in [7, 11) is 0. The van der Waals surface area contributed by atoms with Crippen LogP contribution in [0.1, 0.15) is 48.8 Å². The van der Waals surface area contributed by atoms with Crippen molar-refractivity contribution in [3.8, 4) is 0 Å². The Hall–Kier alpha value is -0.870. The number of carboxylic acids is 1. The predicted molar refractivity (Wildman–Crippen MR) is 78.5 cm³/mol. The standard InChI is InChI=1S/C15H23NO2S/c1-2-11-5-3-4-6-14(11)16-10-13-8-7-12(19-13)9-15(17)18/h7-8,11,14,16H,2-6,9-10H2,1H3,(H,17,18). The molecular weight excluding hydrogens is 258 g/mol. The summed E-state index contributed by atoms with van der Waals surface area (Å²) in [5.74, 6) is 0.0619. The van der Waals surface area contributed by atoms with E-state index in [4.69, 9.17) is 5.11 Å². The van der Waals surface area contributed by atoms with Crippen LogP contribution in [0.4, 0.5) is 0 Å². The first-order chi connectivity index (χ1) is 9.19. The van der Waals surface area contributed by atoms with Crippen LogP contribution >= 0.6 is 11.3 Å². The van der Waals surface area contributed by atoms with Gasteiger partial charge in [-0.2, -0.15) is 0 Å². The fourth-order valence-electron chi connectivity index (χ4n) is 2.96. The number of rotatable bonds is 6. The second-order valence-electron chi connectivity index (χ2n) is 5.38. The predicted octanol–water partition coefficient (Wildman–Crippen LogP) is 3.43. The molecule has 4 heteroatoms. The molecule has 1 saturated carbocycles. The molecule has 0 spiro atoms. The summed E-state index contributed by atoms with van der Waals surface area (Å²) in [5, 5.41) is 12.4. The molecular formula is C15H23NO2S. The van der Waals surface area contributed by atoms with Crippen molar-refractivity contribution in [3.63, 3.8) is 0 Å². The van der Waals surface area contributed by atoms with Gasteiger partial charge in [-0.05, 0) is 30.9 Å². The van der Waals surface area contributed by atoms with Gasteiger partial charge in [0.1, 0.15) is 0 Å². The highest BCUT2D eigenvalue weighted by Crippen LogP contribution is 2.27. The van der Waals surface area contributed by atoms with Crippen LogP contribution in [0.2, 0.25) is 0 Å². The van der Waals surface area contributed by atoms with Crippen molar-refractivity contribution in [2.45, 2.75) is 58.0 Å². The number of aliphatic carboxylic acids is 1. The van der Waals surface area contributed by atoms with Crippen molar-refractivity contribution in [1.82, 2.24) is 5.32 Å². The topological polar surface area (TPSA) is 49.3 Å². The molecule has 1 aromatic heterocycles. The van der Waals surface area contributed by atoms with Crippen LogP contribution in [0.25, 0.3) is 0 Å². The Morgan fingerprint density at radius 3 is 2.84 bits per heavy atom. The van der Waals surface area contributed by atoms with Crippen molar-refractivity contribution in [3.05, 3.63) is 21.9 Å².